The van der Waals surface area contributed by atoms with Crippen LogP contribution in [0.5, 0.6) is 5.75 Å². The van der Waals surface area contributed by atoms with Crippen LogP contribution in [0.2, 0.25) is 0 Å². The Kier molecular flexibility index (Phi) is 6.87. The number of sulfonamides is 1. The normalized spacial score (nSPS) is 17.8. The molecule has 2 aromatic rings. The van der Waals surface area contributed by atoms with Crippen molar-refractivity contribution in [2.75, 3.05) is 43.6 Å². The number of methoxy groups -OCH3 is 1. The van der Waals surface area contributed by atoms with Crippen molar-refractivity contribution in [2.24, 2.45) is 0 Å². The van der Waals surface area contributed by atoms with Crippen LogP contribution in [0.4, 0.5) is 30.6 Å². The molecule has 0 bridgehead atoms. The minimum absolute atomic E-state index is 0.00825. The lowest BCUT2D eigenvalue weighted by atomic mass is 10.00. The summed E-state index contributed by atoms with van der Waals surface area (Å²) in [7, 11) is -1.81. The maximum Gasteiger partial charge on any atom is 0.421 e. The zero-order valence-electron chi connectivity index (χ0n) is 18.9. The number of hydrogen-bond donors (Lipinski definition) is 3. The first-order valence-electron chi connectivity index (χ1n) is 10.9. The Hall–Kier alpha value is -2.64. The molecule has 34 heavy (non-hydrogen) atoms. The quantitative estimate of drug-likeness (QED) is 0.556. The van der Waals surface area contributed by atoms with E-state index < -0.39 is 21.8 Å². The highest BCUT2D eigenvalue weighted by atomic mass is 32.2. The Morgan fingerprint density at radius 2 is 1.94 bits per heavy atom. The number of benzene rings is 1. The standard InChI is InChI=1S/C21H27F3N6O3S/c1-33-18-10-13-3-6-25-11-14(13)9-17(18)28-20-26-12-16(21(22,23)24)19(29-20)27-15-4-7-30(8-5-15)34(2,31)32/h9-10,12,15,25H,3-8,11H2,1-2H3,(H2,26,27,28,29). The number of alkyl halides is 3. The average Bonchev–Trinajstić information content (AvgIpc) is 2.78. The number of ether oxygens (including phenoxy) is 1. The second kappa shape index (κ2) is 9.55. The molecule has 1 aromatic carbocycles. The van der Waals surface area contributed by atoms with Crippen LogP contribution in [-0.2, 0) is 29.2 Å². The Bertz CT molecular complexity index is 1150. The zero-order valence-corrected chi connectivity index (χ0v) is 19.7. The van der Waals surface area contributed by atoms with Gasteiger partial charge in [0.2, 0.25) is 16.0 Å². The topological polar surface area (TPSA) is 108 Å². The lowest BCUT2D eigenvalue weighted by Crippen LogP contribution is -2.42. The summed E-state index contributed by atoms with van der Waals surface area (Å²) in [5.74, 6) is 0.194. The lowest BCUT2D eigenvalue weighted by molar-refractivity contribution is -0.137. The molecule has 9 nitrogen and oxygen atoms in total. The molecule has 3 N–H and O–H groups in total. The van der Waals surface area contributed by atoms with Crippen molar-refractivity contribution in [3.63, 3.8) is 0 Å². The SMILES string of the molecule is COc1cc2c(cc1Nc1ncc(C(F)(F)F)c(NC3CCN(S(C)(=O)=O)CC3)n1)CNCC2. The zero-order chi connectivity index (χ0) is 24.5. The Morgan fingerprint density at radius 1 is 1.21 bits per heavy atom. The first-order valence-corrected chi connectivity index (χ1v) is 12.7. The van der Waals surface area contributed by atoms with Crippen molar-refractivity contribution >= 4 is 27.5 Å². The molecule has 0 spiro atoms. The van der Waals surface area contributed by atoms with Crippen molar-refractivity contribution in [1.82, 2.24) is 19.6 Å². The fourth-order valence-electron chi connectivity index (χ4n) is 4.18. The summed E-state index contributed by atoms with van der Waals surface area (Å²) in [6, 6.07) is 3.44. The predicted octanol–water partition coefficient (Wildman–Crippen LogP) is 2.73. The van der Waals surface area contributed by atoms with Gasteiger partial charge in [-0.25, -0.2) is 17.7 Å². The van der Waals surface area contributed by atoms with E-state index in [2.05, 4.69) is 25.9 Å². The van der Waals surface area contributed by atoms with Crippen molar-refractivity contribution in [3.8, 4) is 5.75 Å². The van der Waals surface area contributed by atoms with Crippen LogP contribution in [0.1, 0.15) is 29.5 Å². The summed E-state index contributed by atoms with van der Waals surface area (Å²) >= 11 is 0. The van der Waals surface area contributed by atoms with Gasteiger partial charge in [-0.15, -0.1) is 0 Å². The van der Waals surface area contributed by atoms with Gasteiger partial charge in [0, 0.05) is 31.9 Å². The molecule has 0 radical (unpaired) electrons. The fourth-order valence-corrected chi connectivity index (χ4v) is 5.06. The molecule has 0 saturated carbocycles. The molecule has 4 rings (SSSR count). The summed E-state index contributed by atoms with van der Waals surface area (Å²) < 4.78 is 71.1. The van der Waals surface area contributed by atoms with Gasteiger partial charge in [-0.1, -0.05) is 0 Å². The van der Waals surface area contributed by atoms with E-state index in [1.54, 1.807) is 0 Å². The van der Waals surface area contributed by atoms with E-state index in [9.17, 15) is 21.6 Å². The van der Waals surface area contributed by atoms with Gasteiger partial charge in [0.15, 0.2) is 0 Å². The molecular weight excluding hydrogens is 473 g/mol. The number of halogens is 3. The number of hydrogen-bond acceptors (Lipinski definition) is 8. The van der Waals surface area contributed by atoms with Crippen molar-refractivity contribution in [2.45, 2.75) is 38.0 Å². The second-order valence-electron chi connectivity index (χ2n) is 8.41. The van der Waals surface area contributed by atoms with Crippen LogP contribution in [0.25, 0.3) is 0 Å². The monoisotopic (exact) mass is 500 g/mol. The first kappa shape index (κ1) is 24.5. The molecule has 0 unspecified atom stereocenters. The molecule has 1 saturated heterocycles. The van der Waals surface area contributed by atoms with Gasteiger partial charge in [0.1, 0.15) is 17.1 Å². The molecular formula is C21H27F3N6O3S. The lowest BCUT2D eigenvalue weighted by Gasteiger charge is -2.31. The van der Waals surface area contributed by atoms with Crippen molar-refractivity contribution in [1.29, 1.82) is 0 Å². The molecule has 13 heteroatoms. The van der Waals surface area contributed by atoms with E-state index in [0.717, 1.165) is 36.5 Å². The predicted molar refractivity (Wildman–Crippen MR) is 122 cm³/mol. The Balaban J connectivity index is 1.58. The van der Waals surface area contributed by atoms with Gasteiger partial charge in [0.25, 0.3) is 0 Å². The van der Waals surface area contributed by atoms with E-state index >= 15 is 0 Å². The summed E-state index contributed by atoms with van der Waals surface area (Å²) in [5.41, 5.74) is 1.79. The Morgan fingerprint density at radius 3 is 2.59 bits per heavy atom. The van der Waals surface area contributed by atoms with E-state index in [1.165, 1.54) is 11.4 Å². The van der Waals surface area contributed by atoms with E-state index in [0.29, 0.717) is 30.8 Å². The van der Waals surface area contributed by atoms with Crippen molar-refractivity contribution in [3.05, 3.63) is 35.0 Å². The molecule has 186 valence electrons. The third-order valence-corrected chi connectivity index (χ3v) is 7.32. The largest absolute Gasteiger partial charge is 0.495 e. The molecule has 1 aromatic heterocycles. The summed E-state index contributed by atoms with van der Waals surface area (Å²) in [5, 5.41) is 9.13. The van der Waals surface area contributed by atoms with Gasteiger partial charge in [-0.2, -0.15) is 18.2 Å². The van der Waals surface area contributed by atoms with Crippen LogP contribution >= 0.6 is 0 Å². The number of nitrogens with zero attached hydrogens (tertiary/aromatic N) is 3. The van der Waals surface area contributed by atoms with Crippen molar-refractivity contribution < 1.29 is 26.3 Å². The number of piperidine rings is 1. The highest BCUT2D eigenvalue weighted by molar-refractivity contribution is 7.88. The van der Waals surface area contributed by atoms with Crippen LogP contribution in [0.15, 0.2) is 18.3 Å². The van der Waals surface area contributed by atoms with Gasteiger partial charge < -0.3 is 20.7 Å². The molecule has 0 aliphatic carbocycles. The van der Waals surface area contributed by atoms with Gasteiger partial charge in [0.05, 0.1) is 19.1 Å². The van der Waals surface area contributed by atoms with Crippen LogP contribution < -0.4 is 20.7 Å². The molecule has 2 aliphatic rings. The number of rotatable bonds is 6. The van der Waals surface area contributed by atoms with Crippen LogP contribution in [-0.4, -0.2) is 61.7 Å². The molecule has 0 amide bonds. The van der Waals surface area contributed by atoms with Crippen LogP contribution in [0.3, 0.4) is 0 Å². The summed E-state index contributed by atoms with van der Waals surface area (Å²) in [6.45, 7) is 2.01. The maximum absolute atomic E-state index is 13.6. The van der Waals surface area contributed by atoms with Gasteiger partial charge in [-0.05, 0) is 49.1 Å². The number of anilines is 3. The summed E-state index contributed by atoms with van der Waals surface area (Å²) in [4.78, 5) is 8.01. The van der Waals surface area contributed by atoms with E-state index in [1.807, 2.05) is 12.1 Å². The summed E-state index contributed by atoms with van der Waals surface area (Å²) in [6.07, 6.45) is -1.20. The third kappa shape index (κ3) is 5.53. The van der Waals surface area contributed by atoms with E-state index in [-0.39, 0.29) is 30.9 Å². The van der Waals surface area contributed by atoms with Gasteiger partial charge in [-0.3, -0.25) is 0 Å². The third-order valence-electron chi connectivity index (χ3n) is 6.01. The molecule has 2 aliphatic heterocycles. The average molecular weight is 501 g/mol. The van der Waals surface area contributed by atoms with Crippen LogP contribution in [0, 0.1) is 0 Å². The highest BCUT2D eigenvalue weighted by Crippen LogP contribution is 2.36. The second-order valence-corrected chi connectivity index (χ2v) is 10.4. The fraction of sp³-hybridized carbons (Fsp3) is 0.524. The Labute approximate surface area is 196 Å². The minimum atomic E-state index is -4.65. The number of fused-ring (bicyclic) bond motifs is 1. The molecule has 0 atom stereocenters. The molecule has 1 fully saturated rings. The highest BCUT2D eigenvalue weighted by Gasteiger charge is 2.36. The first-order chi connectivity index (χ1) is 16.0. The molecule has 3 heterocycles. The number of aromatic nitrogens is 2. The maximum atomic E-state index is 13.6. The minimum Gasteiger partial charge on any atom is -0.495 e. The number of nitrogens with one attached hydrogen (secondary N) is 3. The van der Waals surface area contributed by atoms with E-state index in [4.69, 9.17) is 4.74 Å². The smallest absolute Gasteiger partial charge is 0.421 e. The van der Waals surface area contributed by atoms with Gasteiger partial charge >= 0.3 is 6.18 Å².